The van der Waals surface area contributed by atoms with Crippen molar-refractivity contribution in [3.05, 3.63) is 32.8 Å². The Morgan fingerprint density at radius 3 is 2.57 bits per heavy atom. The first kappa shape index (κ1) is 10.5. The van der Waals surface area contributed by atoms with Gasteiger partial charge in [-0.15, -0.1) is 0 Å². The predicted molar refractivity (Wildman–Crippen MR) is 52.5 cm³/mol. The lowest BCUT2D eigenvalue weighted by molar-refractivity contribution is -0.384. The number of nitrogens with two attached hydrogens (primary N) is 1. The molecular formula is C8H7ClN2O3. The van der Waals surface area contributed by atoms with Gasteiger partial charge in [0.1, 0.15) is 5.02 Å². The van der Waals surface area contributed by atoms with Crippen LogP contribution < -0.4 is 5.73 Å². The normalized spacial score (nSPS) is 9.86. The number of anilines is 1. The van der Waals surface area contributed by atoms with Crippen molar-refractivity contribution < 1.29 is 9.72 Å². The van der Waals surface area contributed by atoms with Crippen LogP contribution in [0.4, 0.5) is 11.4 Å². The summed E-state index contributed by atoms with van der Waals surface area (Å²) >= 11 is 5.59. The molecule has 0 heterocycles. The number of hydrogen-bond donors (Lipinski definition) is 1. The Morgan fingerprint density at radius 2 is 2.14 bits per heavy atom. The molecule has 2 N–H and O–H groups in total. The van der Waals surface area contributed by atoms with Crippen molar-refractivity contribution in [1.82, 2.24) is 0 Å². The molecule has 14 heavy (non-hydrogen) atoms. The standard InChI is InChI=1S/C8H7ClN2O3/c1-4(12)5-2-6(9)8(11(13)14)3-7(5)10/h2-3H,10H2,1H3. The number of nitrogen functional groups attached to an aromatic ring is 1. The fourth-order valence-electron chi connectivity index (χ4n) is 1.02. The van der Waals surface area contributed by atoms with E-state index in [1.54, 1.807) is 0 Å². The number of rotatable bonds is 2. The summed E-state index contributed by atoms with van der Waals surface area (Å²) in [5.41, 5.74) is 5.41. The minimum Gasteiger partial charge on any atom is -0.398 e. The molecule has 0 unspecified atom stereocenters. The van der Waals surface area contributed by atoms with Crippen LogP contribution in [0, 0.1) is 10.1 Å². The maximum Gasteiger partial charge on any atom is 0.289 e. The van der Waals surface area contributed by atoms with Crippen molar-refractivity contribution in [1.29, 1.82) is 0 Å². The van der Waals surface area contributed by atoms with Crippen LogP contribution in [0.1, 0.15) is 17.3 Å². The average molecular weight is 215 g/mol. The van der Waals surface area contributed by atoms with E-state index in [9.17, 15) is 14.9 Å². The summed E-state index contributed by atoms with van der Waals surface area (Å²) in [6, 6.07) is 2.29. The van der Waals surface area contributed by atoms with E-state index in [1.807, 2.05) is 0 Å². The summed E-state index contributed by atoms with van der Waals surface area (Å²) in [6.07, 6.45) is 0. The van der Waals surface area contributed by atoms with Crippen LogP contribution in [0.2, 0.25) is 5.02 Å². The Morgan fingerprint density at radius 1 is 1.57 bits per heavy atom. The molecule has 1 aromatic carbocycles. The highest BCUT2D eigenvalue weighted by molar-refractivity contribution is 6.33. The maximum atomic E-state index is 11.0. The van der Waals surface area contributed by atoms with Crippen LogP contribution in [-0.4, -0.2) is 10.7 Å². The summed E-state index contributed by atoms with van der Waals surface area (Å²) in [5.74, 6) is -0.278. The van der Waals surface area contributed by atoms with Crippen molar-refractivity contribution in [3.8, 4) is 0 Å². The van der Waals surface area contributed by atoms with E-state index in [0.29, 0.717) is 0 Å². The second-order valence-corrected chi connectivity index (χ2v) is 3.11. The Labute approximate surface area is 84.6 Å². The number of hydrogen-bond acceptors (Lipinski definition) is 4. The Hall–Kier alpha value is -1.62. The molecule has 0 aliphatic rings. The minimum absolute atomic E-state index is 0.0635. The topological polar surface area (TPSA) is 86.2 Å². The molecule has 0 bridgehead atoms. The number of Topliss-reactive ketones (excluding diaryl/α,β-unsaturated/α-hetero) is 1. The molecule has 0 amide bonds. The number of ketones is 1. The van der Waals surface area contributed by atoms with Crippen LogP contribution >= 0.6 is 11.6 Å². The van der Waals surface area contributed by atoms with Crippen LogP contribution in [-0.2, 0) is 0 Å². The molecule has 6 heteroatoms. The van der Waals surface area contributed by atoms with Gasteiger partial charge in [-0.25, -0.2) is 0 Å². The van der Waals surface area contributed by atoms with Gasteiger partial charge in [0.2, 0.25) is 0 Å². The molecule has 0 aromatic heterocycles. The molecule has 0 aliphatic carbocycles. The second kappa shape index (κ2) is 3.63. The van der Waals surface area contributed by atoms with E-state index in [1.165, 1.54) is 13.0 Å². The van der Waals surface area contributed by atoms with E-state index in [0.717, 1.165) is 6.07 Å². The number of carbonyl (C=O) groups is 1. The van der Waals surface area contributed by atoms with Gasteiger partial charge in [0.05, 0.1) is 4.92 Å². The largest absolute Gasteiger partial charge is 0.398 e. The molecule has 0 aliphatic heterocycles. The molecular weight excluding hydrogens is 208 g/mol. The first-order chi connectivity index (χ1) is 6.43. The van der Waals surface area contributed by atoms with Crippen LogP contribution in [0.25, 0.3) is 0 Å². The first-order valence-electron chi connectivity index (χ1n) is 3.68. The molecule has 5 nitrogen and oxygen atoms in total. The molecule has 0 atom stereocenters. The number of nitrogens with zero attached hydrogens (tertiary/aromatic N) is 1. The lowest BCUT2D eigenvalue weighted by atomic mass is 10.1. The van der Waals surface area contributed by atoms with Gasteiger partial charge in [-0.05, 0) is 13.0 Å². The summed E-state index contributed by atoms with van der Waals surface area (Å²) in [7, 11) is 0. The molecule has 1 rings (SSSR count). The van der Waals surface area contributed by atoms with Crippen molar-refractivity contribution in [2.75, 3.05) is 5.73 Å². The molecule has 0 radical (unpaired) electrons. The molecule has 74 valence electrons. The Balaban J connectivity index is 3.38. The van der Waals surface area contributed by atoms with E-state index in [-0.39, 0.29) is 27.7 Å². The van der Waals surface area contributed by atoms with E-state index < -0.39 is 4.92 Å². The number of nitro groups is 1. The third kappa shape index (κ3) is 1.82. The maximum absolute atomic E-state index is 11.0. The predicted octanol–water partition coefficient (Wildman–Crippen LogP) is 2.03. The summed E-state index contributed by atoms with van der Waals surface area (Å²) in [4.78, 5) is 20.8. The van der Waals surface area contributed by atoms with Crippen molar-refractivity contribution in [2.24, 2.45) is 0 Å². The van der Waals surface area contributed by atoms with Gasteiger partial charge in [0.15, 0.2) is 5.78 Å². The average Bonchev–Trinajstić information content (AvgIpc) is 2.07. The SMILES string of the molecule is CC(=O)c1cc(Cl)c([N+](=O)[O-])cc1N. The van der Waals surface area contributed by atoms with Crippen LogP contribution in [0.15, 0.2) is 12.1 Å². The highest BCUT2D eigenvalue weighted by atomic mass is 35.5. The highest BCUT2D eigenvalue weighted by Crippen LogP contribution is 2.29. The third-order valence-electron chi connectivity index (χ3n) is 1.69. The van der Waals surface area contributed by atoms with Gasteiger partial charge in [0.25, 0.3) is 5.69 Å². The highest BCUT2D eigenvalue weighted by Gasteiger charge is 2.16. The molecule has 0 spiro atoms. The van der Waals surface area contributed by atoms with Crippen LogP contribution in [0.3, 0.4) is 0 Å². The zero-order valence-electron chi connectivity index (χ0n) is 7.28. The van der Waals surface area contributed by atoms with Gasteiger partial charge >= 0.3 is 0 Å². The first-order valence-corrected chi connectivity index (χ1v) is 4.05. The number of benzene rings is 1. The lowest BCUT2D eigenvalue weighted by Crippen LogP contribution is -2.01. The van der Waals surface area contributed by atoms with Gasteiger partial charge < -0.3 is 5.73 Å². The lowest BCUT2D eigenvalue weighted by Gasteiger charge is -2.02. The minimum atomic E-state index is -0.650. The van der Waals surface area contributed by atoms with Gasteiger partial charge in [-0.3, -0.25) is 14.9 Å². The zero-order chi connectivity index (χ0) is 10.9. The van der Waals surface area contributed by atoms with E-state index >= 15 is 0 Å². The molecule has 0 saturated heterocycles. The van der Waals surface area contributed by atoms with Gasteiger partial charge in [0, 0.05) is 17.3 Å². The Bertz CT molecular complexity index is 378. The van der Waals surface area contributed by atoms with E-state index in [4.69, 9.17) is 17.3 Å². The summed E-state index contributed by atoms with van der Waals surface area (Å²) in [6.45, 7) is 1.31. The third-order valence-corrected chi connectivity index (χ3v) is 2.00. The zero-order valence-corrected chi connectivity index (χ0v) is 8.04. The fourth-order valence-corrected chi connectivity index (χ4v) is 1.26. The van der Waals surface area contributed by atoms with Crippen molar-refractivity contribution in [3.63, 3.8) is 0 Å². The van der Waals surface area contributed by atoms with Crippen LogP contribution in [0.5, 0.6) is 0 Å². The molecule has 0 saturated carbocycles. The van der Waals surface area contributed by atoms with Crippen molar-refractivity contribution in [2.45, 2.75) is 6.92 Å². The smallest absolute Gasteiger partial charge is 0.289 e. The molecule has 1 aromatic rings. The van der Waals surface area contributed by atoms with E-state index in [2.05, 4.69) is 0 Å². The van der Waals surface area contributed by atoms with Crippen molar-refractivity contribution >= 4 is 28.8 Å². The number of halogens is 1. The summed E-state index contributed by atoms with van der Waals surface area (Å²) in [5, 5.41) is 10.3. The quantitative estimate of drug-likeness (QED) is 0.353. The Kier molecular flexibility index (Phi) is 2.71. The number of nitro benzene ring substituents is 1. The van der Waals surface area contributed by atoms with Gasteiger partial charge in [-0.1, -0.05) is 11.6 Å². The van der Waals surface area contributed by atoms with Gasteiger partial charge in [-0.2, -0.15) is 0 Å². The number of carbonyl (C=O) groups excluding carboxylic acids is 1. The summed E-state index contributed by atoms with van der Waals surface area (Å²) < 4.78 is 0. The fraction of sp³-hybridized carbons (Fsp3) is 0.125. The second-order valence-electron chi connectivity index (χ2n) is 2.70. The monoisotopic (exact) mass is 214 g/mol. The molecule has 0 fully saturated rings.